The topological polar surface area (TPSA) is 158 Å². The zero-order valence-corrected chi connectivity index (χ0v) is 20.8. The standard InChI is InChI=1S/C25H20N10O2S/c1-35(25-27-9-14(10-28-25)24(36)34-37)13-16-8-20-21(38-16)23(30-15-4-3-7-26-11-15)32-22(31-20)17-5-2-6-19-18(17)12-29-33-19/h2-12,37H,13H2,1H3,(H,29,33)(H,34,36)(H,30,31,32). The van der Waals surface area contributed by atoms with Crippen LogP contribution < -0.4 is 15.7 Å². The van der Waals surface area contributed by atoms with E-state index < -0.39 is 5.91 Å². The number of rotatable bonds is 7. The Morgan fingerprint density at radius 2 is 1.97 bits per heavy atom. The van der Waals surface area contributed by atoms with E-state index in [4.69, 9.17) is 15.2 Å². The quantitative estimate of drug-likeness (QED) is 0.178. The van der Waals surface area contributed by atoms with Gasteiger partial charge in [0.25, 0.3) is 5.91 Å². The molecule has 0 unspecified atom stereocenters. The maximum atomic E-state index is 11.6. The van der Waals surface area contributed by atoms with E-state index in [0.29, 0.717) is 24.1 Å². The average molecular weight is 525 g/mol. The molecule has 0 saturated carbocycles. The number of hydroxylamine groups is 1. The molecule has 0 bridgehead atoms. The Balaban J connectivity index is 1.38. The van der Waals surface area contributed by atoms with E-state index in [-0.39, 0.29) is 5.56 Å². The summed E-state index contributed by atoms with van der Waals surface area (Å²) in [5.41, 5.74) is 5.12. The molecular formula is C25H20N10O2S. The number of fused-ring (bicyclic) bond motifs is 2. The van der Waals surface area contributed by atoms with Crippen LogP contribution in [0.15, 0.2) is 67.4 Å². The van der Waals surface area contributed by atoms with E-state index in [9.17, 15) is 4.79 Å². The third kappa shape index (κ3) is 4.47. The fourth-order valence-corrected chi connectivity index (χ4v) is 5.10. The summed E-state index contributed by atoms with van der Waals surface area (Å²) in [6, 6.07) is 11.7. The second-order valence-electron chi connectivity index (χ2n) is 8.40. The number of benzene rings is 1. The molecule has 38 heavy (non-hydrogen) atoms. The zero-order chi connectivity index (χ0) is 26.1. The van der Waals surface area contributed by atoms with Crippen molar-refractivity contribution in [3.8, 4) is 11.4 Å². The van der Waals surface area contributed by atoms with E-state index in [0.717, 1.165) is 37.2 Å². The lowest BCUT2D eigenvalue weighted by Gasteiger charge is -2.15. The lowest BCUT2D eigenvalue weighted by atomic mass is 10.1. The highest BCUT2D eigenvalue weighted by Gasteiger charge is 2.17. The molecule has 4 N–H and O–H groups in total. The second kappa shape index (κ2) is 9.80. The molecule has 0 fully saturated rings. The van der Waals surface area contributed by atoms with Gasteiger partial charge in [0.2, 0.25) is 5.95 Å². The largest absolute Gasteiger partial charge is 0.339 e. The maximum absolute atomic E-state index is 11.6. The molecule has 0 atom stereocenters. The van der Waals surface area contributed by atoms with Gasteiger partial charge < -0.3 is 10.2 Å². The number of pyridine rings is 1. The molecule has 0 saturated heterocycles. The molecule has 5 heterocycles. The van der Waals surface area contributed by atoms with Gasteiger partial charge in [-0.25, -0.2) is 25.4 Å². The Morgan fingerprint density at radius 3 is 2.76 bits per heavy atom. The number of carbonyl (C=O) groups excluding carboxylic acids is 1. The first-order valence-corrected chi connectivity index (χ1v) is 12.3. The Bertz CT molecular complexity index is 1750. The van der Waals surface area contributed by atoms with Crippen LogP contribution in [0.1, 0.15) is 15.2 Å². The minimum Gasteiger partial charge on any atom is -0.339 e. The van der Waals surface area contributed by atoms with Crippen molar-refractivity contribution < 1.29 is 10.0 Å². The summed E-state index contributed by atoms with van der Waals surface area (Å²) in [6.07, 6.45) is 7.95. The summed E-state index contributed by atoms with van der Waals surface area (Å²) >= 11 is 1.57. The summed E-state index contributed by atoms with van der Waals surface area (Å²) in [5.74, 6) is 1.02. The first kappa shape index (κ1) is 23.4. The lowest BCUT2D eigenvalue weighted by Crippen LogP contribution is -2.21. The number of thiophene rings is 1. The Kier molecular flexibility index (Phi) is 6.03. The number of nitrogens with one attached hydrogen (secondary N) is 3. The van der Waals surface area contributed by atoms with Crippen LogP contribution in [0, 0.1) is 0 Å². The van der Waals surface area contributed by atoms with E-state index in [1.165, 1.54) is 12.4 Å². The van der Waals surface area contributed by atoms with Crippen LogP contribution >= 0.6 is 11.3 Å². The van der Waals surface area contributed by atoms with Crippen LogP contribution in [0.5, 0.6) is 0 Å². The van der Waals surface area contributed by atoms with Gasteiger partial charge in [-0.1, -0.05) is 12.1 Å². The minimum absolute atomic E-state index is 0.160. The number of aromatic amines is 1. The molecular weight excluding hydrogens is 504 g/mol. The van der Waals surface area contributed by atoms with Gasteiger partial charge in [0.15, 0.2) is 11.6 Å². The lowest BCUT2D eigenvalue weighted by molar-refractivity contribution is 0.0705. The van der Waals surface area contributed by atoms with Crippen LogP contribution in [-0.2, 0) is 6.54 Å². The second-order valence-corrected chi connectivity index (χ2v) is 9.53. The first-order chi connectivity index (χ1) is 18.6. The summed E-state index contributed by atoms with van der Waals surface area (Å²) in [7, 11) is 1.86. The average Bonchev–Trinajstić information content (AvgIpc) is 3.60. The highest BCUT2D eigenvalue weighted by molar-refractivity contribution is 7.19. The van der Waals surface area contributed by atoms with Crippen molar-refractivity contribution in [2.24, 2.45) is 0 Å². The zero-order valence-electron chi connectivity index (χ0n) is 20.0. The van der Waals surface area contributed by atoms with Gasteiger partial charge in [-0.2, -0.15) is 5.10 Å². The number of aromatic nitrogens is 7. The van der Waals surface area contributed by atoms with Gasteiger partial charge in [0, 0.05) is 41.5 Å². The summed E-state index contributed by atoms with van der Waals surface area (Å²) in [4.78, 5) is 36.9. The molecule has 5 aromatic heterocycles. The van der Waals surface area contributed by atoms with E-state index >= 15 is 0 Å². The molecule has 1 amide bonds. The van der Waals surface area contributed by atoms with E-state index in [1.807, 2.05) is 48.3 Å². The van der Waals surface area contributed by atoms with Crippen LogP contribution in [-0.4, -0.2) is 53.3 Å². The molecule has 13 heteroatoms. The Labute approximate surface area is 219 Å². The van der Waals surface area contributed by atoms with Gasteiger partial charge >= 0.3 is 0 Å². The Hall–Kier alpha value is -5.01. The molecule has 0 aliphatic rings. The molecule has 0 radical (unpaired) electrons. The summed E-state index contributed by atoms with van der Waals surface area (Å²) < 4.78 is 0.899. The molecule has 6 aromatic rings. The minimum atomic E-state index is -0.669. The van der Waals surface area contributed by atoms with Crippen LogP contribution in [0.3, 0.4) is 0 Å². The number of amides is 1. The SMILES string of the molecule is CN(Cc1cc2nc(-c3cccc4[nH]ncc34)nc(Nc3cccnc3)c2s1)c1ncc(C(=O)NO)cn1. The van der Waals surface area contributed by atoms with Crippen molar-refractivity contribution in [3.05, 3.63) is 77.8 Å². The van der Waals surface area contributed by atoms with Crippen molar-refractivity contribution in [2.45, 2.75) is 6.54 Å². The number of hydrogen-bond acceptors (Lipinski definition) is 11. The van der Waals surface area contributed by atoms with Crippen LogP contribution in [0.4, 0.5) is 17.5 Å². The predicted octanol–water partition coefficient (Wildman–Crippen LogP) is 3.92. The number of nitrogens with zero attached hydrogens (tertiary/aromatic N) is 7. The highest BCUT2D eigenvalue weighted by Crippen LogP contribution is 2.35. The van der Waals surface area contributed by atoms with Crippen molar-refractivity contribution in [3.63, 3.8) is 0 Å². The number of anilines is 3. The molecule has 12 nitrogen and oxygen atoms in total. The van der Waals surface area contributed by atoms with Gasteiger partial charge in [0.1, 0.15) is 0 Å². The molecule has 0 aliphatic carbocycles. The van der Waals surface area contributed by atoms with Crippen molar-refractivity contribution >= 4 is 55.8 Å². The number of H-pyrrole nitrogens is 1. The molecule has 0 aliphatic heterocycles. The molecule has 6 rings (SSSR count). The third-order valence-electron chi connectivity index (χ3n) is 5.81. The van der Waals surface area contributed by atoms with Gasteiger partial charge in [-0.3, -0.25) is 20.1 Å². The summed E-state index contributed by atoms with van der Waals surface area (Å²) in [5, 5.41) is 20.3. The monoisotopic (exact) mass is 524 g/mol. The number of hydrogen-bond donors (Lipinski definition) is 4. The smallest absolute Gasteiger partial charge is 0.277 e. The van der Waals surface area contributed by atoms with Crippen LogP contribution in [0.2, 0.25) is 0 Å². The molecule has 188 valence electrons. The van der Waals surface area contributed by atoms with Gasteiger partial charge in [0.05, 0.1) is 45.9 Å². The highest BCUT2D eigenvalue weighted by atomic mass is 32.1. The van der Waals surface area contributed by atoms with Crippen molar-refractivity contribution in [1.82, 2.24) is 40.6 Å². The fraction of sp³-hybridized carbons (Fsp3) is 0.0800. The summed E-state index contributed by atoms with van der Waals surface area (Å²) in [6.45, 7) is 0.506. The van der Waals surface area contributed by atoms with Crippen molar-refractivity contribution in [1.29, 1.82) is 0 Å². The van der Waals surface area contributed by atoms with Crippen LogP contribution in [0.25, 0.3) is 32.5 Å². The Morgan fingerprint density at radius 1 is 1.11 bits per heavy atom. The molecule has 1 aromatic carbocycles. The maximum Gasteiger partial charge on any atom is 0.277 e. The van der Waals surface area contributed by atoms with Gasteiger partial charge in [-0.05, 0) is 24.3 Å². The van der Waals surface area contributed by atoms with Crippen molar-refractivity contribution in [2.75, 3.05) is 17.3 Å². The van der Waals surface area contributed by atoms with E-state index in [2.05, 4.69) is 30.5 Å². The molecule has 0 spiro atoms. The predicted molar refractivity (Wildman–Crippen MR) is 143 cm³/mol. The normalized spacial score (nSPS) is 11.1. The number of carbonyl (C=O) groups is 1. The van der Waals surface area contributed by atoms with E-state index in [1.54, 1.807) is 35.4 Å². The first-order valence-electron chi connectivity index (χ1n) is 11.5. The fourth-order valence-electron chi connectivity index (χ4n) is 4.00. The third-order valence-corrected chi connectivity index (χ3v) is 6.92. The van der Waals surface area contributed by atoms with Gasteiger partial charge in [-0.15, -0.1) is 11.3 Å².